The molecule has 1 aliphatic rings. The molecule has 0 saturated carbocycles. The number of hydrogen-bond donors (Lipinski definition) is 2. The molecule has 1 aromatic rings. The number of alkyl halides is 2. The van der Waals surface area contributed by atoms with Crippen LogP contribution in [0.4, 0.5) is 20.2 Å². The molecule has 1 heterocycles. The second kappa shape index (κ2) is 5.61. The molecule has 4 N–H and O–H groups in total. The molecule has 0 aromatic heterocycles. The predicted octanol–water partition coefficient (Wildman–Crippen LogP) is 2.26. The molecule has 2 rings (SSSR count). The van der Waals surface area contributed by atoms with E-state index in [-0.39, 0.29) is 23.0 Å². The van der Waals surface area contributed by atoms with Crippen LogP contribution in [0, 0.1) is 0 Å². The molecule has 0 amide bonds. The standard InChI is InChI=1S/C13H19F2N3O/c1-18-6-4-8(5-7-18)9-2-3-10(16)11(17)12(9)19-13(14)15/h2-3,8,13H,4-7,16-17H2,1H3. The predicted molar refractivity (Wildman–Crippen MR) is 71.4 cm³/mol. The summed E-state index contributed by atoms with van der Waals surface area (Å²) in [6.45, 7) is -1.03. The Morgan fingerprint density at radius 1 is 1.26 bits per heavy atom. The van der Waals surface area contributed by atoms with Crippen LogP contribution in [0.25, 0.3) is 0 Å². The van der Waals surface area contributed by atoms with Crippen molar-refractivity contribution in [2.24, 2.45) is 0 Å². The van der Waals surface area contributed by atoms with Gasteiger partial charge in [-0.15, -0.1) is 0 Å². The molecule has 1 aliphatic heterocycles. The Morgan fingerprint density at radius 3 is 2.47 bits per heavy atom. The van der Waals surface area contributed by atoms with Gasteiger partial charge < -0.3 is 21.1 Å². The van der Waals surface area contributed by atoms with E-state index in [1.54, 1.807) is 12.1 Å². The lowest BCUT2D eigenvalue weighted by molar-refractivity contribution is -0.0502. The average molecular weight is 271 g/mol. The van der Waals surface area contributed by atoms with E-state index in [9.17, 15) is 8.78 Å². The number of likely N-dealkylation sites (tertiary alicyclic amines) is 1. The molecule has 106 valence electrons. The molecule has 0 spiro atoms. The monoisotopic (exact) mass is 271 g/mol. The van der Waals surface area contributed by atoms with Gasteiger partial charge in [0.25, 0.3) is 0 Å². The van der Waals surface area contributed by atoms with Crippen LogP contribution < -0.4 is 16.2 Å². The van der Waals surface area contributed by atoms with Crippen LogP contribution in [0.2, 0.25) is 0 Å². The van der Waals surface area contributed by atoms with Crippen LogP contribution in [0.3, 0.4) is 0 Å². The topological polar surface area (TPSA) is 64.5 Å². The molecule has 19 heavy (non-hydrogen) atoms. The molecule has 0 radical (unpaired) electrons. The van der Waals surface area contributed by atoms with Crippen molar-refractivity contribution in [3.05, 3.63) is 17.7 Å². The number of piperidine rings is 1. The Morgan fingerprint density at radius 2 is 1.89 bits per heavy atom. The Labute approximate surface area is 111 Å². The summed E-state index contributed by atoms with van der Waals surface area (Å²) >= 11 is 0. The summed E-state index contributed by atoms with van der Waals surface area (Å²) in [6.07, 6.45) is 1.80. The van der Waals surface area contributed by atoms with Crippen molar-refractivity contribution in [3.63, 3.8) is 0 Å². The van der Waals surface area contributed by atoms with E-state index in [1.165, 1.54) is 0 Å². The van der Waals surface area contributed by atoms with Crippen LogP contribution in [0.15, 0.2) is 12.1 Å². The van der Waals surface area contributed by atoms with Crippen molar-refractivity contribution in [1.29, 1.82) is 0 Å². The highest BCUT2D eigenvalue weighted by Gasteiger charge is 2.24. The minimum Gasteiger partial charge on any atom is -0.432 e. The molecule has 1 aromatic carbocycles. The normalized spacial score (nSPS) is 17.9. The number of benzene rings is 1. The van der Waals surface area contributed by atoms with Gasteiger partial charge in [-0.05, 0) is 50.5 Å². The average Bonchev–Trinajstić information content (AvgIpc) is 2.36. The first-order chi connectivity index (χ1) is 8.99. The second-order valence-electron chi connectivity index (χ2n) is 4.94. The third kappa shape index (κ3) is 3.07. The number of ether oxygens (including phenoxy) is 1. The van der Waals surface area contributed by atoms with E-state index < -0.39 is 6.61 Å². The van der Waals surface area contributed by atoms with Crippen molar-refractivity contribution in [3.8, 4) is 5.75 Å². The van der Waals surface area contributed by atoms with Crippen molar-refractivity contribution < 1.29 is 13.5 Å². The molecule has 0 bridgehead atoms. The largest absolute Gasteiger partial charge is 0.432 e. The van der Waals surface area contributed by atoms with Crippen molar-refractivity contribution in [1.82, 2.24) is 4.90 Å². The number of anilines is 2. The lowest BCUT2D eigenvalue weighted by Gasteiger charge is -2.30. The summed E-state index contributed by atoms with van der Waals surface area (Å²) in [5.41, 5.74) is 12.5. The zero-order valence-corrected chi connectivity index (χ0v) is 10.9. The van der Waals surface area contributed by atoms with Crippen molar-refractivity contribution >= 4 is 11.4 Å². The van der Waals surface area contributed by atoms with Crippen LogP contribution in [-0.2, 0) is 0 Å². The first-order valence-electron chi connectivity index (χ1n) is 6.30. The quantitative estimate of drug-likeness (QED) is 0.828. The Hall–Kier alpha value is -1.56. The summed E-state index contributed by atoms with van der Waals surface area (Å²) in [5, 5.41) is 0. The Kier molecular flexibility index (Phi) is 4.09. The molecule has 0 atom stereocenters. The summed E-state index contributed by atoms with van der Waals surface area (Å²) < 4.78 is 29.6. The zero-order chi connectivity index (χ0) is 14.0. The number of nitrogen functional groups attached to an aromatic ring is 2. The molecular weight excluding hydrogens is 252 g/mol. The lowest BCUT2D eigenvalue weighted by atomic mass is 9.88. The molecule has 1 fully saturated rings. The first kappa shape index (κ1) is 13.9. The van der Waals surface area contributed by atoms with E-state index >= 15 is 0 Å². The summed E-state index contributed by atoms with van der Waals surface area (Å²) in [7, 11) is 2.05. The number of nitrogens with zero attached hydrogens (tertiary/aromatic N) is 1. The maximum atomic E-state index is 12.5. The van der Waals surface area contributed by atoms with Gasteiger partial charge in [-0.2, -0.15) is 8.78 Å². The maximum absolute atomic E-state index is 12.5. The van der Waals surface area contributed by atoms with Gasteiger partial charge in [0, 0.05) is 0 Å². The zero-order valence-electron chi connectivity index (χ0n) is 10.9. The number of nitrogens with two attached hydrogens (primary N) is 2. The summed E-state index contributed by atoms with van der Waals surface area (Å²) in [6, 6.07) is 3.40. The highest BCUT2D eigenvalue weighted by Crippen LogP contribution is 2.40. The highest BCUT2D eigenvalue weighted by atomic mass is 19.3. The summed E-state index contributed by atoms with van der Waals surface area (Å²) in [5.74, 6) is 0.234. The molecule has 0 aliphatic carbocycles. The first-order valence-corrected chi connectivity index (χ1v) is 6.30. The van der Waals surface area contributed by atoms with Gasteiger partial charge >= 0.3 is 6.61 Å². The van der Waals surface area contributed by atoms with Gasteiger partial charge in [0.05, 0.1) is 11.4 Å². The second-order valence-corrected chi connectivity index (χ2v) is 4.94. The fraction of sp³-hybridized carbons (Fsp3) is 0.538. The van der Waals surface area contributed by atoms with Gasteiger partial charge in [-0.1, -0.05) is 6.07 Å². The lowest BCUT2D eigenvalue weighted by Crippen LogP contribution is -2.29. The molecule has 6 heteroatoms. The molecule has 0 unspecified atom stereocenters. The van der Waals surface area contributed by atoms with Gasteiger partial charge in [0.2, 0.25) is 0 Å². The maximum Gasteiger partial charge on any atom is 0.387 e. The third-order valence-corrected chi connectivity index (χ3v) is 3.63. The minimum atomic E-state index is -2.89. The van der Waals surface area contributed by atoms with Gasteiger partial charge in [-0.25, -0.2) is 0 Å². The summed E-state index contributed by atoms with van der Waals surface area (Å²) in [4.78, 5) is 2.21. The highest BCUT2D eigenvalue weighted by molar-refractivity contribution is 5.73. The Balaban J connectivity index is 2.31. The van der Waals surface area contributed by atoms with Gasteiger partial charge in [0.1, 0.15) is 0 Å². The number of rotatable bonds is 3. The van der Waals surface area contributed by atoms with Crippen molar-refractivity contribution in [2.45, 2.75) is 25.4 Å². The number of hydrogen-bond acceptors (Lipinski definition) is 4. The van der Waals surface area contributed by atoms with Crippen LogP contribution in [0.1, 0.15) is 24.3 Å². The minimum absolute atomic E-state index is 0.0459. The van der Waals surface area contributed by atoms with Crippen LogP contribution in [-0.4, -0.2) is 31.6 Å². The SMILES string of the molecule is CN1CCC(c2ccc(N)c(N)c2OC(F)F)CC1. The molecular formula is C13H19F2N3O. The third-order valence-electron chi connectivity index (χ3n) is 3.63. The van der Waals surface area contributed by atoms with E-state index in [0.717, 1.165) is 31.5 Å². The van der Waals surface area contributed by atoms with Crippen LogP contribution >= 0.6 is 0 Å². The van der Waals surface area contributed by atoms with Gasteiger partial charge in [0.15, 0.2) is 5.75 Å². The molecule has 1 saturated heterocycles. The van der Waals surface area contributed by atoms with Gasteiger partial charge in [-0.3, -0.25) is 0 Å². The molecule has 4 nitrogen and oxygen atoms in total. The van der Waals surface area contributed by atoms with E-state index in [4.69, 9.17) is 11.5 Å². The van der Waals surface area contributed by atoms with E-state index in [0.29, 0.717) is 0 Å². The fourth-order valence-electron chi connectivity index (χ4n) is 2.49. The fourth-order valence-corrected chi connectivity index (χ4v) is 2.49. The van der Waals surface area contributed by atoms with Crippen molar-refractivity contribution in [2.75, 3.05) is 31.6 Å². The smallest absolute Gasteiger partial charge is 0.387 e. The number of halogens is 2. The van der Waals surface area contributed by atoms with Crippen LogP contribution in [0.5, 0.6) is 5.75 Å². The van der Waals surface area contributed by atoms with E-state index in [1.807, 2.05) is 7.05 Å². The van der Waals surface area contributed by atoms with E-state index in [2.05, 4.69) is 9.64 Å². The Bertz CT molecular complexity index is 446.